The van der Waals surface area contributed by atoms with Crippen molar-refractivity contribution in [2.75, 3.05) is 19.8 Å². The van der Waals surface area contributed by atoms with Crippen LogP contribution in [0.4, 0.5) is 0 Å². The van der Waals surface area contributed by atoms with E-state index >= 15 is 0 Å². The Kier molecular flexibility index (Phi) is 5.91. The zero-order valence-electron chi connectivity index (χ0n) is 22.6. The number of hydrogen-bond donors (Lipinski definition) is 3. The van der Waals surface area contributed by atoms with E-state index in [-0.39, 0.29) is 11.0 Å². The molecule has 1 unspecified atom stereocenters. The molecule has 0 radical (unpaired) electrons. The van der Waals surface area contributed by atoms with Gasteiger partial charge >= 0.3 is 0 Å². The monoisotopic (exact) mass is 459 g/mol. The van der Waals surface area contributed by atoms with Crippen molar-refractivity contribution in [3.63, 3.8) is 0 Å². The van der Waals surface area contributed by atoms with Gasteiger partial charge in [0.25, 0.3) is 0 Å². The highest BCUT2D eigenvalue weighted by atomic mass is 16.3. The van der Waals surface area contributed by atoms with Crippen molar-refractivity contribution in [3.8, 4) is 0 Å². The van der Waals surface area contributed by atoms with Crippen molar-refractivity contribution in [1.82, 2.24) is 5.32 Å². The first kappa shape index (κ1) is 24.6. The van der Waals surface area contributed by atoms with Gasteiger partial charge < -0.3 is 15.5 Å². The summed E-state index contributed by atoms with van der Waals surface area (Å²) in [7, 11) is 0. The van der Waals surface area contributed by atoms with Crippen molar-refractivity contribution in [2.45, 2.75) is 111 Å². The summed E-state index contributed by atoms with van der Waals surface area (Å²) in [4.78, 5) is 0. The van der Waals surface area contributed by atoms with E-state index in [0.717, 1.165) is 11.8 Å². The number of rotatable bonds is 3. The quantitative estimate of drug-likeness (QED) is 0.483. The molecule has 5 fully saturated rings. The molecule has 5 aliphatic rings. The molecule has 190 valence electrons. The van der Waals surface area contributed by atoms with Gasteiger partial charge in [0.15, 0.2) is 0 Å². The van der Waals surface area contributed by atoms with Crippen LogP contribution in [0.25, 0.3) is 0 Å². The molecule has 4 aliphatic carbocycles. The second-order valence-electron chi connectivity index (χ2n) is 14.8. The summed E-state index contributed by atoms with van der Waals surface area (Å²) < 4.78 is 0. The third-order valence-corrected chi connectivity index (χ3v) is 13.6. The number of nitrogens with one attached hydrogen (secondary N) is 1. The molecule has 0 aromatic heterocycles. The number of aliphatic hydroxyl groups excluding tert-OH is 2. The summed E-state index contributed by atoms with van der Waals surface area (Å²) in [5, 5.41) is 24.8. The average molecular weight is 460 g/mol. The van der Waals surface area contributed by atoms with Crippen molar-refractivity contribution in [1.29, 1.82) is 0 Å². The van der Waals surface area contributed by atoms with Gasteiger partial charge in [0.2, 0.25) is 0 Å². The molecule has 3 N–H and O–H groups in total. The lowest BCUT2D eigenvalue weighted by Gasteiger charge is -2.71. The predicted molar refractivity (Wildman–Crippen MR) is 136 cm³/mol. The minimum atomic E-state index is 0.122. The minimum Gasteiger partial charge on any atom is -0.396 e. The van der Waals surface area contributed by atoms with E-state index < -0.39 is 0 Å². The Bertz CT molecular complexity index is 752. The van der Waals surface area contributed by atoms with E-state index in [1.807, 2.05) is 0 Å². The molecule has 0 aromatic carbocycles. The minimum absolute atomic E-state index is 0.122. The van der Waals surface area contributed by atoms with Crippen molar-refractivity contribution < 1.29 is 10.2 Å². The van der Waals surface area contributed by atoms with Crippen molar-refractivity contribution in [3.05, 3.63) is 0 Å². The first-order valence-electron chi connectivity index (χ1n) is 14.5. The van der Waals surface area contributed by atoms with Crippen LogP contribution in [0, 0.1) is 57.2 Å². The van der Waals surface area contributed by atoms with Gasteiger partial charge in [0, 0.05) is 18.8 Å². The second-order valence-corrected chi connectivity index (χ2v) is 14.8. The third-order valence-electron chi connectivity index (χ3n) is 13.6. The molecule has 1 saturated heterocycles. The maximum Gasteiger partial charge on any atom is 0.0490 e. The Morgan fingerprint density at radius 1 is 0.818 bits per heavy atom. The van der Waals surface area contributed by atoms with Crippen LogP contribution in [0.15, 0.2) is 0 Å². The van der Waals surface area contributed by atoms with E-state index in [4.69, 9.17) is 0 Å². The predicted octanol–water partition coefficient (Wildman–Crippen LogP) is 6.03. The second kappa shape index (κ2) is 7.94. The van der Waals surface area contributed by atoms with Crippen LogP contribution in [0.2, 0.25) is 0 Å². The van der Waals surface area contributed by atoms with Crippen LogP contribution in [-0.2, 0) is 0 Å². The lowest BCUT2D eigenvalue weighted by molar-refractivity contribution is -0.229. The molecule has 0 spiro atoms. The molecule has 0 amide bonds. The SMILES string of the molecule is CC(CO)[C@@H]1CC[C@]2(CO)CC[C@]3(C)[C@H](CC[C@@H]4[C@@]5(C)CCCNC(C)(C)[C@@H]5CC[C@]43C)[C@@H]12. The summed E-state index contributed by atoms with van der Waals surface area (Å²) in [6.45, 7) is 17.1. The average Bonchev–Trinajstić information content (AvgIpc) is 3.11. The van der Waals surface area contributed by atoms with Gasteiger partial charge in [0.1, 0.15) is 0 Å². The van der Waals surface area contributed by atoms with Crippen LogP contribution in [0.1, 0.15) is 106 Å². The van der Waals surface area contributed by atoms with Crippen LogP contribution in [0.3, 0.4) is 0 Å². The van der Waals surface area contributed by atoms with E-state index in [2.05, 4.69) is 46.9 Å². The fourth-order valence-corrected chi connectivity index (χ4v) is 11.7. The Morgan fingerprint density at radius 3 is 2.27 bits per heavy atom. The third kappa shape index (κ3) is 3.16. The van der Waals surface area contributed by atoms with E-state index in [1.165, 1.54) is 70.8 Å². The van der Waals surface area contributed by atoms with Gasteiger partial charge in [-0.3, -0.25) is 0 Å². The van der Waals surface area contributed by atoms with Gasteiger partial charge in [-0.15, -0.1) is 0 Å². The molecule has 33 heavy (non-hydrogen) atoms. The summed E-state index contributed by atoms with van der Waals surface area (Å²) in [6, 6.07) is 0. The van der Waals surface area contributed by atoms with Crippen molar-refractivity contribution in [2.24, 2.45) is 57.2 Å². The largest absolute Gasteiger partial charge is 0.396 e. The zero-order chi connectivity index (χ0) is 23.9. The lowest BCUT2D eigenvalue weighted by atomic mass is 9.33. The Hall–Kier alpha value is -0.120. The Labute approximate surface area is 203 Å². The molecule has 0 aromatic rings. The highest BCUT2D eigenvalue weighted by Gasteiger charge is 2.70. The summed E-state index contributed by atoms with van der Waals surface area (Å²) in [5.41, 5.74) is 1.52. The first-order chi connectivity index (χ1) is 15.5. The molecule has 1 heterocycles. The smallest absolute Gasteiger partial charge is 0.0490 e. The van der Waals surface area contributed by atoms with E-state index in [9.17, 15) is 10.2 Å². The molecule has 3 nitrogen and oxygen atoms in total. The molecule has 0 bridgehead atoms. The molecular weight excluding hydrogens is 406 g/mol. The van der Waals surface area contributed by atoms with Gasteiger partial charge in [-0.05, 0) is 142 Å². The number of aliphatic hydroxyl groups is 2. The van der Waals surface area contributed by atoms with Crippen LogP contribution in [-0.4, -0.2) is 35.5 Å². The maximum atomic E-state index is 10.7. The molecule has 5 rings (SSSR count). The van der Waals surface area contributed by atoms with Crippen LogP contribution >= 0.6 is 0 Å². The highest BCUT2D eigenvalue weighted by Crippen LogP contribution is 2.76. The first-order valence-corrected chi connectivity index (χ1v) is 14.5. The van der Waals surface area contributed by atoms with Gasteiger partial charge in [-0.1, -0.05) is 27.7 Å². The normalized spacial score (nSPS) is 54.4. The lowest BCUT2D eigenvalue weighted by Crippen LogP contribution is -2.66. The van der Waals surface area contributed by atoms with Crippen molar-refractivity contribution >= 4 is 0 Å². The fraction of sp³-hybridized carbons (Fsp3) is 1.00. The number of fused-ring (bicyclic) bond motifs is 7. The zero-order valence-corrected chi connectivity index (χ0v) is 22.6. The topological polar surface area (TPSA) is 52.5 Å². The van der Waals surface area contributed by atoms with Gasteiger partial charge in [0.05, 0.1) is 0 Å². The van der Waals surface area contributed by atoms with Gasteiger partial charge in [-0.25, -0.2) is 0 Å². The summed E-state index contributed by atoms with van der Waals surface area (Å²) in [5.74, 6) is 3.82. The van der Waals surface area contributed by atoms with Gasteiger partial charge in [-0.2, -0.15) is 0 Å². The Morgan fingerprint density at radius 2 is 1.58 bits per heavy atom. The Balaban J connectivity index is 1.54. The maximum absolute atomic E-state index is 10.7. The highest BCUT2D eigenvalue weighted by molar-refractivity contribution is 5.19. The van der Waals surface area contributed by atoms with Crippen LogP contribution in [0.5, 0.6) is 0 Å². The molecule has 10 atom stereocenters. The molecule has 1 aliphatic heterocycles. The molecule has 4 saturated carbocycles. The standard InChI is InChI=1S/C30H53NO2/c1-20(18-32)21-10-14-30(19-33)16-15-28(5)22(25(21)30)8-9-24-27(4)12-7-17-31-26(2,3)23(27)11-13-29(24,28)6/h20-25,31-33H,7-19H2,1-6H3/t20?,21-,22+,23-,24+,25+,27-,28+,29+,30+/m0/s1. The summed E-state index contributed by atoms with van der Waals surface area (Å²) in [6.07, 6.45) is 13.0. The summed E-state index contributed by atoms with van der Waals surface area (Å²) >= 11 is 0. The number of hydrogen-bond acceptors (Lipinski definition) is 3. The fourth-order valence-electron chi connectivity index (χ4n) is 11.7. The van der Waals surface area contributed by atoms with Crippen LogP contribution < -0.4 is 5.32 Å². The molecular formula is C30H53NO2. The van der Waals surface area contributed by atoms with E-state index in [0.29, 0.717) is 53.1 Å². The van der Waals surface area contributed by atoms with E-state index in [1.54, 1.807) is 0 Å². The molecule has 3 heteroatoms.